The number of anilines is 2. The molecule has 0 saturated carbocycles. The summed E-state index contributed by atoms with van der Waals surface area (Å²) in [4.78, 5) is 25.2. The van der Waals surface area contributed by atoms with Crippen molar-refractivity contribution in [2.45, 2.75) is 20.0 Å². The predicted molar refractivity (Wildman–Crippen MR) is 88.4 cm³/mol. The van der Waals surface area contributed by atoms with Gasteiger partial charge in [0.1, 0.15) is 6.61 Å². The Labute approximate surface area is 134 Å². The van der Waals surface area contributed by atoms with Crippen molar-refractivity contribution in [1.29, 1.82) is 0 Å². The molecule has 0 radical (unpaired) electrons. The maximum absolute atomic E-state index is 11.9. The normalized spacial score (nSPS) is 12.7. The first-order chi connectivity index (χ1) is 11.1. The summed E-state index contributed by atoms with van der Waals surface area (Å²) in [6.45, 7) is 2.45. The second-order valence-corrected chi connectivity index (χ2v) is 5.45. The van der Waals surface area contributed by atoms with Crippen molar-refractivity contribution in [2.75, 3.05) is 16.8 Å². The van der Waals surface area contributed by atoms with Crippen LogP contribution in [0.25, 0.3) is 0 Å². The number of hydrogen-bond donors (Lipinski definition) is 1. The van der Waals surface area contributed by atoms with Crippen LogP contribution >= 0.6 is 0 Å². The van der Waals surface area contributed by atoms with Gasteiger partial charge in [-0.25, -0.2) is 4.79 Å². The number of rotatable bonds is 3. The summed E-state index contributed by atoms with van der Waals surface area (Å²) in [6.07, 6.45) is 0.328. The van der Waals surface area contributed by atoms with Gasteiger partial charge >= 0.3 is 6.09 Å². The molecule has 0 spiro atoms. The van der Waals surface area contributed by atoms with Crippen LogP contribution in [0.3, 0.4) is 0 Å². The van der Waals surface area contributed by atoms with Crippen LogP contribution in [0.2, 0.25) is 0 Å². The number of benzene rings is 2. The molecule has 1 aliphatic heterocycles. The fraction of sp³-hybridized carbons (Fsp3) is 0.222. The smallest absolute Gasteiger partial charge is 0.411 e. The minimum Gasteiger partial charge on any atom is -0.444 e. The van der Waals surface area contributed by atoms with E-state index in [0.717, 1.165) is 23.2 Å². The molecule has 1 aliphatic rings. The molecule has 0 saturated heterocycles. The highest BCUT2D eigenvalue weighted by Crippen LogP contribution is 2.30. The van der Waals surface area contributed by atoms with Gasteiger partial charge in [0.05, 0.1) is 0 Å². The van der Waals surface area contributed by atoms with Gasteiger partial charge < -0.3 is 9.64 Å². The van der Waals surface area contributed by atoms with Crippen LogP contribution in [-0.4, -0.2) is 18.5 Å². The van der Waals surface area contributed by atoms with Crippen LogP contribution in [0.15, 0.2) is 48.5 Å². The summed E-state index contributed by atoms with van der Waals surface area (Å²) in [5.74, 6) is 0.00699. The van der Waals surface area contributed by atoms with Crippen LogP contribution in [0.5, 0.6) is 0 Å². The average molecular weight is 310 g/mol. The van der Waals surface area contributed by atoms with Crippen LogP contribution in [0.1, 0.15) is 18.1 Å². The number of nitrogens with one attached hydrogen (secondary N) is 1. The van der Waals surface area contributed by atoms with Crippen molar-refractivity contribution in [2.24, 2.45) is 0 Å². The zero-order valence-electron chi connectivity index (χ0n) is 12.9. The van der Waals surface area contributed by atoms with E-state index >= 15 is 0 Å². The Kier molecular flexibility index (Phi) is 4.28. The molecular weight excluding hydrogens is 292 g/mol. The summed E-state index contributed by atoms with van der Waals surface area (Å²) in [5, 5.41) is 2.70. The first-order valence-electron chi connectivity index (χ1n) is 7.52. The average Bonchev–Trinajstić information content (AvgIpc) is 2.97. The van der Waals surface area contributed by atoms with Gasteiger partial charge in [-0.2, -0.15) is 0 Å². The number of fused-ring (bicyclic) bond motifs is 1. The van der Waals surface area contributed by atoms with Gasteiger partial charge in [-0.05, 0) is 29.7 Å². The topological polar surface area (TPSA) is 58.6 Å². The van der Waals surface area contributed by atoms with Crippen molar-refractivity contribution in [3.63, 3.8) is 0 Å². The van der Waals surface area contributed by atoms with E-state index in [9.17, 15) is 9.59 Å². The zero-order chi connectivity index (χ0) is 16.2. The Morgan fingerprint density at radius 1 is 1.17 bits per heavy atom. The van der Waals surface area contributed by atoms with Gasteiger partial charge in [0.2, 0.25) is 5.91 Å². The van der Waals surface area contributed by atoms with Crippen LogP contribution < -0.4 is 10.2 Å². The summed E-state index contributed by atoms with van der Waals surface area (Å²) < 4.78 is 5.20. The standard InChI is InChI=1S/C18H18N2O3/c1-13(21)20-10-9-15-7-8-16(11-17(15)20)19-18(22)23-12-14-5-3-2-4-6-14/h2-8,11H,9-10,12H2,1H3,(H,19,22). The van der Waals surface area contributed by atoms with Crippen LogP contribution in [0.4, 0.5) is 16.2 Å². The number of hydrogen-bond acceptors (Lipinski definition) is 3. The number of ether oxygens (including phenoxy) is 1. The molecule has 0 aromatic heterocycles. The van der Waals surface area contributed by atoms with Gasteiger partial charge in [-0.1, -0.05) is 36.4 Å². The Balaban J connectivity index is 1.63. The van der Waals surface area contributed by atoms with E-state index in [4.69, 9.17) is 4.74 Å². The summed E-state index contributed by atoms with van der Waals surface area (Å²) in [6, 6.07) is 15.1. The monoisotopic (exact) mass is 310 g/mol. The van der Waals surface area contributed by atoms with E-state index in [1.54, 1.807) is 11.8 Å². The molecule has 5 heteroatoms. The minimum atomic E-state index is -0.513. The Morgan fingerprint density at radius 2 is 1.96 bits per heavy atom. The van der Waals surface area contributed by atoms with Crippen molar-refractivity contribution in [1.82, 2.24) is 0 Å². The molecule has 3 rings (SSSR count). The van der Waals surface area contributed by atoms with Gasteiger partial charge in [-0.15, -0.1) is 0 Å². The van der Waals surface area contributed by atoms with Crippen molar-refractivity contribution in [3.8, 4) is 0 Å². The molecule has 0 unspecified atom stereocenters. The number of nitrogens with zero attached hydrogens (tertiary/aromatic N) is 1. The molecule has 0 bridgehead atoms. The summed E-state index contributed by atoms with van der Waals surface area (Å²) in [5.41, 5.74) is 3.52. The summed E-state index contributed by atoms with van der Waals surface area (Å²) in [7, 11) is 0. The van der Waals surface area contributed by atoms with Gasteiger partial charge in [-0.3, -0.25) is 10.1 Å². The predicted octanol–water partition coefficient (Wildman–Crippen LogP) is 3.34. The van der Waals surface area contributed by atoms with Gasteiger partial charge in [0.25, 0.3) is 0 Å². The van der Waals surface area contributed by atoms with Crippen molar-refractivity contribution in [3.05, 3.63) is 59.7 Å². The molecule has 5 nitrogen and oxygen atoms in total. The largest absolute Gasteiger partial charge is 0.444 e. The Hall–Kier alpha value is -2.82. The molecule has 23 heavy (non-hydrogen) atoms. The fourth-order valence-corrected chi connectivity index (χ4v) is 2.66. The minimum absolute atomic E-state index is 0.00699. The van der Waals surface area contributed by atoms with Crippen molar-refractivity contribution < 1.29 is 14.3 Å². The Morgan fingerprint density at radius 3 is 2.70 bits per heavy atom. The highest BCUT2D eigenvalue weighted by Gasteiger charge is 2.22. The maximum Gasteiger partial charge on any atom is 0.411 e. The molecule has 0 atom stereocenters. The van der Waals surface area contributed by atoms with Crippen LogP contribution in [0, 0.1) is 0 Å². The third-order valence-electron chi connectivity index (χ3n) is 3.82. The molecule has 0 aliphatic carbocycles. The van der Waals surface area contributed by atoms with E-state index in [1.807, 2.05) is 48.5 Å². The maximum atomic E-state index is 11.9. The lowest BCUT2D eigenvalue weighted by Gasteiger charge is -2.15. The van der Waals surface area contributed by atoms with Crippen molar-refractivity contribution >= 4 is 23.4 Å². The molecule has 2 aromatic rings. The molecule has 2 amide bonds. The van der Waals surface area contributed by atoms with E-state index in [2.05, 4.69) is 5.32 Å². The van der Waals surface area contributed by atoms with E-state index in [-0.39, 0.29) is 12.5 Å². The number of amides is 2. The van der Waals surface area contributed by atoms with E-state index < -0.39 is 6.09 Å². The fourth-order valence-electron chi connectivity index (χ4n) is 2.66. The molecule has 1 N–H and O–H groups in total. The van der Waals surface area contributed by atoms with E-state index in [1.165, 1.54) is 0 Å². The first kappa shape index (κ1) is 15.1. The molecule has 0 fully saturated rings. The number of carbonyl (C=O) groups is 2. The zero-order valence-corrected chi connectivity index (χ0v) is 12.9. The quantitative estimate of drug-likeness (QED) is 0.946. The lowest BCUT2D eigenvalue weighted by molar-refractivity contribution is -0.116. The second kappa shape index (κ2) is 6.52. The van der Waals surface area contributed by atoms with Crippen LogP contribution in [-0.2, 0) is 22.6 Å². The van der Waals surface area contributed by atoms with Gasteiger partial charge in [0.15, 0.2) is 0 Å². The molecular formula is C18H18N2O3. The highest BCUT2D eigenvalue weighted by atomic mass is 16.5. The SMILES string of the molecule is CC(=O)N1CCc2ccc(NC(=O)OCc3ccccc3)cc21. The third-order valence-corrected chi connectivity index (χ3v) is 3.82. The second-order valence-electron chi connectivity index (χ2n) is 5.45. The third kappa shape index (κ3) is 3.51. The molecule has 1 heterocycles. The molecule has 118 valence electrons. The number of carbonyl (C=O) groups excluding carboxylic acids is 2. The highest BCUT2D eigenvalue weighted by molar-refractivity contribution is 5.95. The molecule has 2 aromatic carbocycles. The summed E-state index contributed by atoms with van der Waals surface area (Å²) >= 11 is 0. The van der Waals surface area contributed by atoms with Gasteiger partial charge in [0, 0.05) is 24.8 Å². The van der Waals surface area contributed by atoms with E-state index in [0.29, 0.717) is 12.2 Å². The first-order valence-corrected chi connectivity index (χ1v) is 7.52. The lowest BCUT2D eigenvalue weighted by atomic mass is 10.1. The lowest BCUT2D eigenvalue weighted by Crippen LogP contribution is -2.25. The Bertz CT molecular complexity index is 728.